The molecule has 1 rings (SSSR count). The van der Waals surface area contributed by atoms with Crippen molar-refractivity contribution in [2.75, 3.05) is 33.8 Å². The van der Waals surface area contributed by atoms with Crippen molar-refractivity contribution in [1.82, 2.24) is 21.1 Å². The Morgan fingerprint density at radius 2 is 2.14 bits per heavy atom. The van der Waals surface area contributed by atoms with E-state index in [9.17, 15) is 9.18 Å². The average Bonchev–Trinajstić information content (AvgIpc) is 2.47. The monoisotopic (exact) mass is 328 g/mol. The SMILES string of the molecule is CN(C)CCCNC(=S)NNC(=O)COc1cccc(F)c1. The highest BCUT2D eigenvalue weighted by Gasteiger charge is 2.04. The third kappa shape index (κ3) is 8.38. The summed E-state index contributed by atoms with van der Waals surface area (Å²) in [5.74, 6) is -0.541. The number of hydrogen-bond donors (Lipinski definition) is 3. The first-order chi connectivity index (χ1) is 10.5. The van der Waals surface area contributed by atoms with E-state index in [1.807, 2.05) is 14.1 Å². The summed E-state index contributed by atoms with van der Waals surface area (Å²) in [7, 11) is 3.99. The van der Waals surface area contributed by atoms with E-state index >= 15 is 0 Å². The second-order valence-corrected chi connectivity index (χ2v) is 5.24. The quantitative estimate of drug-likeness (QED) is 0.388. The van der Waals surface area contributed by atoms with Crippen LogP contribution in [-0.4, -0.2) is 49.7 Å². The average molecular weight is 328 g/mol. The fraction of sp³-hybridized carbons (Fsp3) is 0.429. The number of thiocarbonyl (C=S) groups is 1. The highest BCUT2D eigenvalue weighted by molar-refractivity contribution is 7.80. The molecule has 0 saturated carbocycles. The Kier molecular flexibility index (Phi) is 8.16. The number of hydrazine groups is 1. The van der Waals surface area contributed by atoms with E-state index in [4.69, 9.17) is 17.0 Å². The number of nitrogens with one attached hydrogen (secondary N) is 3. The zero-order chi connectivity index (χ0) is 16.4. The molecule has 0 unspecified atom stereocenters. The van der Waals surface area contributed by atoms with Crippen LogP contribution in [-0.2, 0) is 4.79 Å². The van der Waals surface area contributed by atoms with Crippen LogP contribution in [0.5, 0.6) is 5.75 Å². The van der Waals surface area contributed by atoms with E-state index in [-0.39, 0.29) is 6.61 Å². The lowest BCUT2D eigenvalue weighted by Gasteiger charge is -2.13. The predicted octanol–water partition coefficient (Wildman–Crippen LogP) is 0.652. The number of halogens is 1. The van der Waals surface area contributed by atoms with Gasteiger partial charge in [-0.1, -0.05) is 6.07 Å². The highest BCUT2D eigenvalue weighted by Crippen LogP contribution is 2.11. The second-order valence-electron chi connectivity index (χ2n) is 4.83. The van der Waals surface area contributed by atoms with Gasteiger partial charge in [0.1, 0.15) is 11.6 Å². The Hall–Kier alpha value is -1.93. The summed E-state index contributed by atoms with van der Waals surface area (Å²) in [6.07, 6.45) is 0.936. The summed E-state index contributed by atoms with van der Waals surface area (Å²) >= 11 is 5.01. The normalized spacial score (nSPS) is 10.2. The van der Waals surface area contributed by atoms with Gasteiger partial charge in [-0.05, 0) is 51.4 Å². The van der Waals surface area contributed by atoms with Gasteiger partial charge >= 0.3 is 0 Å². The Morgan fingerprint density at radius 3 is 2.82 bits per heavy atom. The molecule has 0 spiro atoms. The molecule has 0 fully saturated rings. The zero-order valence-electron chi connectivity index (χ0n) is 12.7. The van der Waals surface area contributed by atoms with Crippen LogP contribution in [0.1, 0.15) is 6.42 Å². The Bertz CT molecular complexity index is 499. The summed E-state index contributed by atoms with van der Waals surface area (Å²) in [5, 5.41) is 3.29. The Balaban J connectivity index is 2.13. The van der Waals surface area contributed by atoms with Crippen LogP contribution in [0.4, 0.5) is 4.39 Å². The van der Waals surface area contributed by atoms with Gasteiger partial charge in [0.15, 0.2) is 11.7 Å². The van der Waals surface area contributed by atoms with E-state index in [1.54, 1.807) is 6.07 Å². The van der Waals surface area contributed by atoms with Crippen molar-refractivity contribution in [1.29, 1.82) is 0 Å². The molecule has 0 aromatic heterocycles. The molecule has 22 heavy (non-hydrogen) atoms. The van der Waals surface area contributed by atoms with Crippen molar-refractivity contribution in [3.63, 3.8) is 0 Å². The number of nitrogens with zero attached hydrogens (tertiary/aromatic N) is 1. The van der Waals surface area contributed by atoms with E-state index in [2.05, 4.69) is 21.1 Å². The van der Waals surface area contributed by atoms with Gasteiger partial charge < -0.3 is 15.0 Å². The lowest BCUT2D eigenvalue weighted by atomic mass is 10.3. The van der Waals surface area contributed by atoms with Crippen molar-refractivity contribution >= 4 is 23.2 Å². The minimum absolute atomic E-state index is 0.236. The van der Waals surface area contributed by atoms with Crippen molar-refractivity contribution in [3.05, 3.63) is 30.1 Å². The number of rotatable bonds is 7. The third-order valence-electron chi connectivity index (χ3n) is 2.55. The number of hydrogen-bond acceptors (Lipinski definition) is 4. The predicted molar refractivity (Wildman–Crippen MR) is 86.9 cm³/mol. The minimum Gasteiger partial charge on any atom is -0.484 e. The van der Waals surface area contributed by atoms with Crippen LogP contribution in [0, 0.1) is 5.82 Å². The number of amides is 1. The molecule has 0 atom stereocenters. The molecule has 0 aliphatic rings. The lowest BCUT2D eigenvalue weighted by Crippen LogP contribution is -2.48. The van der Waals surface area contributed by atoms with Crippen molar-refractivity contribution in [2.24, 2.45) is 0 Å². The zero-order valence-corrected chi connectivity index (χ0v) is 13.5. The topological polar surface area (TPSA) is 65.6 Å². The Labute approximate surface area is 135 Å². The molecule has 6 nitrogen and oxygen atoms in total. The molecular formula is C14H21FN4O2S. The summed E-state index contributed by atoms with van der Waals surface area (Å²) in [6.45, 7) is 1.42. The van der Waals surface area contributed by atoms with E-state index in [1.165, 1.54) is 18.2 Å². The van der Waals surface area contributed by atoms with Crippen LogP contribution in [0.15, 0.2) is 24.3 Å². The van der Waals surface area contributed by atoms with Gasteiger partial charge in [-0.15, -0.1) is 0 Å². The first-order valence-electron chi connectivity index (χ1n) is 6.83. The first kappa shape index (κ1) is 18.1. The number of benzene rings is 1. The maximum absolute atomic E-state index is 12.9. The van der Waals surface area contributed by atoms with Gasteiger partial charge in [0.25, 0.3) is 5.91 Å². The third-order valence-corrected chi connectivity index (χ3v) is 2.80. The Morgan fingerprint density at radius 1 is 1.36 bits per heavy atom. The molecule has 0 saturated heterocycles. The standard InChI is InChI=1S/C14H21FN4O2S/c1-19(2)8-4-7-16-14(22)18-17-13(20)10-21-12-6-3-5-11(15)9-12/h3,5-6,9H,4,7-8,10H2,1-2H3,(H,17,20)(H2,16,18,22). The smallest absolute Gasteiger partial charge is 0.276 e. The second kappa shape index (κ2) is 9.91. The van der Waals surface area contributed by atoms with Crippen molar-refractivity contribution in [2.45, 2.75) is 6.42 Å². The van der Waals surface area contributed by atoms with Gasteiger partial charge in [0, 0.05) is 12.6 Å². The maximum Gasteiger partial charge on any atom is 0.276 e. The van der Waals surface area contributed by atoms with Crippen LogP contribution in [0.3, 0.4) is 0 Å². The number of ether oxygens (including phenoxy) is 1. The molecule has 0 radical (unpaired) electrons. The fourth-order valence-electron chi connectivity index (χ4n) is 1.51. The molecule has 0 heterocycles. The van der Waals surface area contributed by atoms with Crippen LogP contribution in [0.2, 0.25) is 0 Å². The van der Waals surface area contributed by atoms with Crippen molar-refractivity contribution in [3.8, 4) is 5.75 Å². The maximum atomic E-state index is 12.9. The van der Waals surface area contributed by atoms with Gasteiger partial charge in [-0.25, -0.2) is 4.39 Å². The van der Waals surface area contributed by atoms with Gasteiger partial charge in [0.2, 0.25) is 0 Å². The molecule has 122 valence electrons. The van der Waals surface area contributed by atoms with Gasteiger partial charge in [0.05, 0.1) is 0 Å². The minimum atomic E-state index is -0.417. The lowest BCUT2D eigenvalue weighted by molar-refractivity contribution is -0.123. The molecule has 0 aliphatic carbocycles. The summed E-state index contributed by atoms with van der Waals surface area (Å²) in [6, 6.07) is 5.58. The number of carbonyl (C=O) groups is 1. The first-order valence-corrected chi connectivity index (χ1v) is 7.24. The van der Waals surface area contributed by atoms with E-state index in [0.717, 1.165) is 13.0 Å². The molecular weight excluding hydrogens is 307 g/mol. The highest BCUT2D eigenvalue weighted by atomic mass is 32.1. The summed E-state index contributed by atoms with van der Waals surface area (Å²) in [4.78, 5) is 13.6. The molecule has 0 bridgehead atoms. The van der Waals surface area contributed by atoms with Gasteiger partial charge in [-0.2, -0.15) is 0 Å². The van der Waals surface area contributed by atoms with E-state index in [0.29, 0.717) is 17.4 Å². The molecule has 1 aromatic rings. The molecule has 3 N–H and O–H groups in total. The molecule has 8 heteroatoms. The van der Waals surface area contributed by atoms with Crippen LogP contribution < -0.4 is 20.9 Å². The number of carbonyl (C=O) groups excluding carboxylic acids is 1. The van der Waals surface area contributed by atoms with Crippen molar-refractivity contribution < 1.29 is 13.9 Å². The largest absolute Gasteiger partial charge is 0.484 e. The summed E-state index contributed by atoms with van der Waals surface area (Å²) in [5.41, 5.74) is 4.97. The van der Waals surface area contributed by atoms with Crippen LogP contribution in [0.25, 0.3) is 0 Å². The van der Waals surface area contributed by atoms with Crippen LogP contribution >= 0.6 is 12.2 Å². The molecule has 0 aliphatic heterocycles. The fourth-order valence-corrected chi connectivity index (χ4v) is 1.66. The van der Waals surface area contributed by atoms with Gasteiger partial charge in [-0.3, -0.25) is 15.6 Å². The molecule has 1 amide bonds. The molecule has 1 aromatic carbocycles. The van der Waals surface area contributed by atoms with E-state index < -0.39 is 11.7 Å². The summed E-state index contributed by atoms with van der Waals surface area (Å²) < 4.78 is 18.1.